The number of nitrogens with zero attached hydrogens (tertiary/aromatic N) is 1. The van der Waals surface area contributed by atoms with Crippen LogP contribution in [0.3, 0.4) is 0 Å². The monoisotopic (exact) mass is 380 g/mol. The van der Waals surface area contributed by atoms with Crippen LogP contribution in [-0.2, 0) is 4.79 Å². The number of aliphatic imine (C=N–C) groups is 1. The number of Topliss-reactive ketones (excluding diaryl/α,β-unsaturated/α-hetero) is 1. The molecule has 1 unspecified atom stereocenters. The third-order valence-corrected chi connectivity index (χ3v) is 4.81. The largest absolute Gasteiger partial charge is 0.400 e. The number of hydrogen-bond donors (Lipinski definition) is 4. The van der Waals surface area contributed by atoms with Gasteiger partial charge in [0.25, 0.3) is 0 Å². The Morgan fingerprint density at radius 2 is 2.04 bits per heavy atom. The highest BCUT2D eigenvalue weighted by Crippen LogP contribution is 2.47. The SMILES string of the molecule is C/C=C\C=Nc1ccc2c(c1)C(C(=N)C=N)C1=C(CC(C)(C)CC1=O)N2.CO. The molecule has 0 saturated heterocycles. The average Bonchev–Trinajstić information content (AvgIpc) is 2.66. The van der Waals surface area contributed by atoms with Crippen molar-refractivity contribution in [2.75, 3.05) is 12.4 Å². The molecule has 0 spiro atoms. The van der Waals surface area contributed by atoms with Crippen molar-refractivity contribution in [3.63, 3.8) is 0 Å². The van der Waals surface area contributed by atoms with Crippen molar-refractivity contribution in [2.45, 2.75) is 39.5 Å². The van der Waals surface area contributed by atoms with E-state index in [9.17, 15) is 4.79 Å². The standard InChI is InChI=1S/C21H24N4O.CH4O/c1-4-5-8-24-13-6-7-16-14(9-13)19(15(23)12-22)20-17(25-16)10-21(2,3)11-18(20)26;1-2/h4-9,12,19,22-23,25H,10-11H2,1-3H3;2H,1H3/b5-4-,22-12?,23-15?,24-8?;. The molecule has 6 heteroatoms. The molecule has 6 nitrogen and oxygen atoms in total. The minimum atomic E-state index is -0.501. The van der Waals surface area contributed by atoms with Crippen LogP contribution in [0.4, 0.5) is 11.4 Å². The van der Waals surface area contributed by atoms with Gasteiger partial charge in [0.15, 0.2) is 5.78 Å². The zero-order chi connectivity index (χ0) is 20.9. The van der Waals surface area contributed by atoms with Crippen molar-refractivity contribution in [1.82, 2.24) is 0 Å². The molecule has 0 radical (unpaired) electrons. The van der Waals surface area contributed by atoms with Gasteiger partial charge in [0.05, 0.1) is 17.3 Å². The lowest BCUT2D eigenvalue weighted by atomic mass is 9.69. The maximum absolute atomic E-state index is 12.9. The molecule has 2 aliphatic rings. The predicted octanol–water partition coefficient (Wildman–Crippen LogP) is 4.40. The van der Waals surface area contributed by atoms with Crippen LogP contribution in [-0.4, -0.2) is 36.1 Å². The predicted molar refractivity (Wildman–Crippen MR) is 115 cm³/mol. The van der Waals surface area contributed by atoms with E-state index in [4.69, 9.17) is 15.9 Å². The third-order valence-electron chi connectivity index (χ3n) is 4.81. The molecule has 1 aliphatic carbocycles. The first-order valence-corrected chi connectivity index (χ1v) is 9.22. The first-order valence-electron chi connectivity index (χ1n) is 9.22. The molecule has 0 saturated carbocycles. The van der Waals surface area contributed by atoms with Crippen molar-refractivity contribution >= 4 is 35.3 Å². The van der Waals surface area contributed by atoms with Gasteiger partial charge in [0.2, 0.25) is 0 Å². The first-order chi connectivity index (χ1) is 13.4. The number of aliphatic hydroxyl groups is 1. The zero-order valence-corrected chi connectivity index (χ0v) is 16.8. The summed E-state index contributed by atoms with van der Waals surface area (Å²) in [5.41, 5.74) is 4.04. The van der Waals surface area contributed by atoms with E-state index in [-0.39, 0.29) is 16.9 Å². The summed E-state index contributed by atoms with van der Waals surface area (Å²) < 4.78 is 0. The number of hydrogen-bond acceptors (Lipinski definition) is 6. The Kier molecular flexibility index (Phi) is 6.80. The summed E-state index contributed by atoms with van der Waals surface area (Å²) in [5.74, 6) is -0.437. The van der Waals surface area contributed by atoms with Crippen molar-refractivity contribution in [1.29, 1.82) is 10.8 Å². The fourth-order valence-corrected chi connectivity index (χ4v) is 3.70. The number of allylic oxidation sites excluding steroid dienone is 4. The van der Waals surface area contributed by atoms with Crippen LogP contribution in [0.25, 0.3) is 0 Å². The number of benzene rings is 1. The van der Waals surface area contributed by atoms with Gasteiger partial charge in [-0.1, -0.05) is 19.9 Å². The van der Waals surface area contributed by atoms with Gasteiger partial charge in [-0.2, -0.15) is 0 Å². The zero-order valence-electron chi connectivity index (χ0n) is 16.8. The van der Waals surface area contributed by atoms with Crippen LogP contribution in [0.1, 0.15) is 45.1 Å². The maximum atomic E-state index is 12.9. The molecule has 1 aromatic rings. The molecule has 1 heterocycles. The van der Waals surface area contributed by atoms with Crippen LogP contribution in [0.15, 0.2) is 46.6 Å². The maximum Gasteiger partial charge on any atom is 0.162 e. The summed E-state index contributed by atoms with van der Waals surface area (Å²) in [7, 11) is 1.00. The normalized spacial score (nSPS) is 20.2. The average molecular weight is 380 g/mol. The van der Waals surface area contributed by atoms with Gasteiger partial charge < -0.3 is 21.2 Å². The van der Waals surface area contributed by atoms with Gasteiger partial charge in [0, 0.05) is 42.9 Å². The van der Waals surface area contributed by atoms with Crippen molar-refractivity contribution in [3.8, 4) is 0 Å². The molecule has 0 bridgehead atoms. The first kappa shape index (κ1) is 21.4. The second-order valence-corrected chi connectivity index (χ2v) is 7.57. The quantitative estimate of drug-likeness (QED) is 0.581. The number of fused-ring (bicyclic) bond motifs is 1. The van der Waals surface area contributed by atoms with Gasteiger partial charge in [-0.15, -0.1) is 0 Å². The second kappa shape index (κ2) is 8.89. The number of carbonyl (C=O) groups is 1. The van der Waals surface area contributed by atoms with Gasteiger partial charge in [-0.25, -0.2) is 0 Å². The summed E-state index contributed by atoms with van der Waals surface area (Å²) in [6.07, 6.45) is 7.72. The highest BCUT2D eigenvalue weighted by molar-refractivity contribution is 6.33. The Labute approximate surface area is 166 Å². The van der Waals surface area contributed by atoms with Crippen molar-refractivity contribution < 1.29 is 9.90 Å². The van der Waals surface area contributed by atoms with Crippen LogP contribution in [0.2, 0.25) is 0 Å². The number of ketones is 1. The Morgan fingerprint density at radius 3 is 2.68 bits per heavy atom. The van der Waals surface area contributed by atoms with Crippen LogP contribution >= 0.6 is 0 Å². The molecule has 0 fully saturated rings. The van der Waals surface area contributed by atoms with E-state index in [1.54, 1.807) is 6.21 Å². The molecule has 0 aromatic heterocycles. The lowest BCUT2D eigenvalue weighted by Crippen LogP contribution is -2.35. The lowest BCUT2D eigenvalue weighted by Gasteiger charge is -2.39. The number of rotatable bonds is 4. The van der Waals surface area contributed by atoms with Gasteiger partial charge in [0.1, 0.15) is 0 Å². The Morgan fingerprint density at radius 1 is 1.32 bits per heavy atom. The van der Waals surface area contributed by atoms with Crippen molar-refractivity contribution in [3.05, 3.63) is 47.2 Å². The van der Waals surface area contributed by atoms with E-state index < -0.39 is 5.92 Å². The Hall–Kier alpha value is -2.86. The van der Waals surface area contributed by atoms with Crippen LogP contribution < -0.4 is 5.32 Å². The molecule has 1 aromatic carbocycles. The van der Waals surface area contributed by atoms with E-state index in [1.807, 2.05) is 37.3 Å². The van der Waals surface area contributed by atoms with E-state index in [0.717, 1.165) is 42.4 Å². The Bertz CT molecular complexity index is 879. The smallest absolute Gasteiger partial charge is 0.162 e. The van der Waals surface area contributed by atoms with Gasteiger partial charge >= 0.3 is 0 Å². The minimum absolute atomic E-state index is 0.0637. The topological polar surface area (TPSA) is 109 Å². The van der Waals surface area contributed by atoms with E-state index in [2.05, 4.69) is 24.2 Å². The Balaban J connectivity index is 0.00000136. The second-order valence-electron chi connectivity index (χ2n) is 7.57. The summed E-state index contributed by atoms with van der Waals surface area (Å²) in [6.45, 7) is 6.10. The van der Waals surface area contributed by atoms with E-state index in [0.29, 0.717) is 12.0 Å². The molecule has 3 rings (SSSR count). The summed E-state index contributed by atoms with van der Waals surface area (Å²) in [6, 6.07) is 5.76. The third kappa shape index (κ3) is 4.34. The van der Waals surface area contributed by atoms with Crippen LogP contribution in [0.5, 0.6) is 0 Å². The van der Waals surface area contributed by atoms with Gasteiger partial charge in [-0.3, -0.25) is 9.79 Å². The fraction of sp³-hybridized carbons (Fsp3) is 0.364. The van der Waals surface area contributed by atoms with Crippen molar-refractivity contribution in [2.24, 2.45) is 10.4 Å². The van der Waals surface area contributed by atoms with Crippen LogP contribution in [0, 0.1) is 16.2 Å². The van der Waals surface area contributed by atoms with E-state index >= 15 is 0 Å². The highest BCUT2D eigenvalue weighted by Gasteiger charge is 2.41. The molecule has 1 aliphatic heterocycles. The number of nitrogens with one attached hydrogen (secondary N) is 3. The number of anilines is 1. The van der Waals surface area contributed by atoms with E-state index in [1.165, 1.54) is 0 Å². The molecular weight excluding hydrogens is 352 g/mol. The number of aliphatic hydroxyl groups excluding tert-OH is 1. The summed E-state index contributed by atoms with van der Waals surface area (Å²) in [4.78, 5) is 17.3. The molecule has 28 heavy (non-hydrogen) atoms. The van der Waals surface area contributed by atoms with Gasteiger partial charge in [-0.05, 0) is 48.6 Å². The highest BCUT2D eigenvalue weighted by atomic mass is 16.2. The lowest BCUT2D eigenvalue weighted by molar-refractivity contribution is -0.118. The number of carbonyl (C=O) groups excluding carboxylic acids is 1. The molecular formula is C22H28N4O2. The summed E-state index contributed by atoms with van der Waals surface area (Å²) >= 11 is 0. The summed E-state index contributed by atoms with van der Waals surface area (Å²) in [5, 5.41) is 26.3. The minimum Gasteiger partial charge on any atom is -0.400 e. The molecule has 4 N–H and O–H groups in total. The molecule has 0 amide bonds. The fourth-order valence-electron chi connectivity index (χ4n) is 3.70. The molecule has 148 valence electrons. The molecule has 1 atom stereocenters.